The summed E-state index contributed by atoms with van der Waals surface area (Å²) in [5.41, 5.74) is 11.4. The van der Waals surface area contributed by atoms with Crippen molar-refractivity contribution in [1.82, 2.24) is 0 Å². The van der Waals surface area contributed by atoms with Crippen LogP contribution in [0.25, 0.3) is 76.9 Å². The molecule has 10 rings (SSSR count). The minimum atomic E-state index is 0.865. The number of nitrogens with zero attached hydrogens (tertiary/aromatic N) is 1. The van der Waals surface area contributed by atoms with E-state index in [-0.39, 0.29) is 0 Å². The van der Waals surface area contributed by atoms with Crippen LogP contribution in [0.15, 0.2) is 185 Å². The fourth-order valence-electron chi connectivity index (χ4n) is 7.35. The second kappa shape index (κ2) is 11.0. The largest absolute Gasteiger partial charge is 0.455 e. The third-order valence-electron chi connectivity index (χ3n) is 9.69. The molecule has 0 bridgehead atoms. The van der Waals surface area contributed by atoms with Crippen LogP contribution < -0.4 is 4.90 Å². The molecule has 0 N–H and O–H groups in total. The Bertz CT molecular complexity index is 2810. The molecule has 0 aliphatic heterocycles. The van der Waals surface area contributed by atoms with Gasteiger partial charge in [-0.2, -0.15) is 0 Å². The first-order valence-corrected chi connectivity index (χ1v) is 16.6. The number of hydrogen-bond acceptors (Lipinski definition) is 3. The van der Waals surface area contributed by atoms with Gasteiger partial charge < -0.3 is 13.7 Å². The summed E-state index contributed by atoms with van der Waals surface area (Å²) in [6, 6.07) is 61.9. The third-order valence-corrected chi connectivity index (χ3v) is 9.69. The number of benzene rings is 8. The third kappa shape index (κ3) is 4.44. The Balaban J connectivity index is 1.11. The SMILES string of the molecule is c1ccc(-c2ccc(N(c3ccc(-c4cccc5c4ccc4c6ccccc6oc54)cc3)c3cccc4c3oc3ccccc34)cc2)cc1. The number of furan rings is 2. The summed E-state index contributed by atoms with van der Waals surface area (Å²) >= 11 is 0. The first-order chi connectivity index (χ1) is 24.3. The predicted octanol–water partition coefficient (Wildman–Crippen LogP) is 13.4. The van der Waals surface area contributed by atoms with E-state index >= 15 is 0 Å². The van der Waals surface area contributed by atoms with E-state index in [4.69, 9.17) is 8.83 Å². The van der Waals surface area contributed by atoms with Crippen molar-refractivity contribution in [2.24, 2.45) is 0 Å². The zero-order valence-corrected chi connectivity index (χ0v) is 26.5. The van der Waals surface area contributed by atoms with Gasteiger partial charge in [-0.05, 0) is 76.2 Å². The van der Waals surface area contributed by atoms with Crippen molar-refractivity contribution in [3.05, 3.63) is 176 Å². The Labute approximate surface area is 282 Å². The normalized spacial score (nSPS) is 11.7. The van der Waals surface area contributed by atoms with E-state index in [0.29, 0.717) is 0 Å². The molecule has 2 aromatic heterocycles. The monoisotopic (exact) mass is 627 g/mol. The van der Waals surface area contributed by atoms with Crippen LogP contribution >= 0.6 is 0 Å². The van der Waals surface area contributed by atoms with Crippen molar-refractivity contribution in [2.75, 3.05) is 4.90 Å². The Morgan fingerprint density at radius 1 is 0.306 bits per heavy atom. The minimum Gasteiger partial charge on any atom is -0.455 e. The van der Waals surface area contributed by atoms with Gasteiger partial charge in [0.2, 0.25) is 0 Å². The minimum absolute atomic E-state index is 0.865. The molecule has 0 radical (unpaired) electrons. The van der Waals surface area contributed by atoms with Gasteiger partial charge in [0.05, 0.1) is 5.69 Å². The molecule has 230 valence electrons. The van der Waals surface area contributed by atoms with Gasteiger partial charge in [-0.25, -0.2) is 0 Å². The maximum Gasteiger partial charge on any atom is 0.159 e. The second-order valence-electron chi connectivity index (χ2n) is 12.5. The van der Waals surface area contributed by atoms with Crippen molar-refractivity contribution in [3.63, 3.8) is 0 Å². The average molecular weight is 628 g/mol. The molecule has 2 heterocycles. The Hall–Kier alpha value is -6.58. The molecule has 0 saturated heterocycles. The van der Waals surface area contributed by atoms with Gasteiger partial charge in [-0.3, -0.25) is 0 Å². The van der Waals surface area contributed by atoms with E-state index in [2.05, 4.69) is 157 Å². The molecule has 10 aromatic rings. The molecule has 0 spiro atoms. The van der Waals surface area contributed by atoms with Gasteiger partial charge in [-0.1, -0.05) is 127 Å². The first-order valence-electron chi connectivity index (χ1n) is 16.6. The lowest BCUT2D eigenvalue weighted by Gasteiger charge is -2.26. The molecule has 0 saturated carbocycles. The highest BCUT2D eigenvalue weighted by atomic mass is 16.3. The Morgan fingerprint density at radius 3 is 1.49 bits per heavy atom. The lowest BCUT2D eigenvalue weighted by Crippen LogP contribution is -2.10. The van der Waals surface area contributed by atoms with Crippen LogP contribution in [0, 0.1) is 0 Å². The molecule has 49 heavy (non-hydrogen) atoms. The summed E-state index contributed by atoms with van der Waals surface area (Å²) in [6.45, 7) is 0. The van der Waals surface area contributed by atoms with Crippen LogP contribution in [0.5, 0.6) is 0 Å². The highest BCUT2D eigenvalue weighted by Crippen LogP contribution is 2.43. The molecule has 0 amide bonds. The van der Waals surface area contributed by atoms with Crippen molar-refractivity contribution in [3.8, 4) is 22.3 Å². The molecule has 8 aromatic carbocycles. The van der Waals surface area contributed by atoms with Crippen molar-refractivity contribution in [2.45, 2.75) is 0 Å². The summed E-state index contributed by atoms with van der Waals surface area (Å²) in [7, 11) is 0. The topological polar surface area (TPSA) is 29.5 Å². The molecule has 0 unspecified atom stereocenters. The highest BCUT2D eigenvalue weighted by molar-refractivity contribution is 6.17. The number of fused-ring (bicyclic) bond motifs is 8. The first kappa shape index (κ1) is 27.5. The van der Waals surface area contributed by atoms with E-state index in [1.165, 1.54) is 22.1 Å². The van der Waals surface area contributed by atoms with E-state index in [0.717, 1.165) is 71.9 Å². The number of rotatable bonds is 5. The molecular formula is C46H29NO2. The van der Waals surface area contributed by atoms with Gasteiger partial charge in [0.25, 0.3) is 0 Å². The summed E-state index contributed by atoms with van der Waals surface area (Å²) in [5.74, 6) is 0. The standard InChI is InChI=1S/C46H29NO2/c1-2-10-30(11-3-1)31-20-24-33(25-21-31)47(42-17-9-16-40-37-12-4-7-19-44(37)49-46(40)42)34-26-22-32(23-27-34)35-14-8-15-39-36(35)28-29-41-38-13-5-6-18-43(38)48-45(39)41/h1-29H. The Kier molecular flexibility index (Phi) is 6.18. The molecular weight excluding hydrogens is 599 g/mol. The molecule has 3 nitrogen and oxygen atoms in total. The number of para-hydroxylation sites is 3. The van der Waals surface area contributed by atoms with Crippen molar-refractivity contribution >= 4 is 71.7 Å². The van der Waals surface area contributed by atoms with Gasteiger partial charge in [0.1, 0.15) is 16.7 Å². The molecule has 0 fully saturated rings. The maximum absolute atomic E-state index is 6.55. The summed E-state index contributed by atoms with van der Waals surface area (Å²) in [5, 5.41) is 6.79. The van der Waals surface area contributed by atoms with E-state index < -0.39 is 0 Å². The van der Waals surface area contributed by atoms with E-state index in [1.807, 2.05) is 24.3 Å². The highest BCUT2D eigenvalue weighted by Gasteiger charge is 2.20. The summed E-state index contributed by atoms with van der Waals surface area (Å²) in [6.07, 6.45) is 0. The summed E-state index contributed by atoms with van der Waals surface area (Å²) in [4.78, 5) is 2.30. The molecule has 0 aliphatic rings. The van der Waals surface area contributed by atoms with Crippen LogP contribution in [0.2, 0.25) is 0 Å². The molecule has 0 aliphatic carbocycles. The fourth-order valence-corrected chi connectivity index (χ4v) is 7.35. The van der Waals surface area contributed by atoms with Crippen LogP contribution in [-0.2, 0) is 0 Å². The van der Waals surface area contributed by atoms with Crippen LogP contribution in [-0.4, -0.2) is 0 Å². The van der Waals surface area contributed by atoms with Gasteiger partial charge in [-0.15, -0.1) is 0 Å². The van der Waals surface area contributed by atoms with E-state index in [9.17, 15) is 0 Å². The quantitative estimate of drug-likeness (QED) is 0.190. The zero-order valence-electron chi connectivity index (χ0n) is 26.5. The van der Waals surface area contributed by atoms with Gasteiger partial charge in [0, 0.05) is 38.3 Å². The van der Waals surface area contributed by atoms with Crippen LogP contribution in [0.3, 0.4) is 0 Å². The average Bonchev–Trinajstić information content (AvgIpc) is 3.75. The van der Waals surface area contributed by atoms with Crippen molar-refractivity contribution < 1.29 is 8.83 Å². The Morgan fingerprint density at radius 2 is 0.796 bits per heavy atom. The maximum atomic E-state index is 6.55. The number of hydrogen-bond donors (Lipinski definition) is 0. The van der Waals surface area contributed by atoms with E-state index in [1.54, 1.807) is 0 Å². The second-order valence-corrected chi connectivity index (χ2v) is 12.5. The molecule has 0 atom stereocenters. The molecule has 3 heteroatoms. The zero-order chi connectivity index (χ0) is 32.3. The summed E-state index contributed by atoms with van der Waals surface area (Å²) < 4.78 is 12.9. The lowest BCUT2D eigenvalue weighted by atomic mass is 9.96. The van der Waals surface area contributed by atoms with Crippen molar-refractivity contribution in [1.29, 1.82) is 0 Å². The smallest absolute Gasteiger partial charge is 0.159 e. The lowest BCUT2D eigenvalue weighted by molar-refractivity contribution is 0.669. The van der Waals surface area contributed by atoms with Gasteiger partial charge >= 0.3 is 0 Å². The predicted molar refractivity (Wildman–Crippen MR) is 204 cm³/mol. The number of anilines is 3. The van der Waals surface area contributed by atoms with Gasteiger partial charge in [0.15, 0.2) is 5.58 Å². The van der Waals surface area contributed by atoms with Crippen LogP contribution in [0.1, 0.15) is 0 Å². The van der Waals surface area contributed by atoms with Crippen LogP contribution in [0.4, 0.5) is 17.1 Å². The fraction of sp³-hybridized carbons (Fsp3) is 0.